The van der Waals surface area contributed by atoms with Crippen molar-refractivity contribution in [3.63, 3.8) is 0 Å². The fourth-order valence-electron chi connectivity index (χ4n) is 1.39. The fraction of sp³-hybridized carbons (Fsp3) is 0.364. The van der Waals surface area contributed by atoms with E-state index in [1.165, 1.54) is 5.12 Å². The van der Waals surface area contributed by atoms with Crippen molar-refractivity contribution < 1.29 is 9.53 Å². The van der Waals surface area contributed by atoms with E-state index in [-0.39, 0.29) is 0 Å². The van der Waals surface area contributed by atoms with Crippen molar-refractivity contribution in [3.8, 4) is 0 Å². The highest BCUT2D eigenvalue weighted by Crippen LogP contribution is 2.15. The Bertz CT molecular complexity index is 406. The van der Waals surface area contributed by atoms with Gasteiger partial charge < -0.3 is 4.74 Å². The quantitative estimate of drug-likeness (QED) is 0.720. The van der Waals surface area contributed by atoms with E-state index in [9.17, 15) is 4.79 Å². The van der Waals surface area contributed by atoms with Crippen LogP contribution in [0.4, 0.5) is 4.79 Å². The molecule has 0 aromatic heterocycles. The molecule has 0 aromatic carbocycles. The number of amides is 1. The first-order valence-corrected chi connectivity index (χ1v) is 5.35. The Morgan fingerprint density at radius 1 is 1.41 bits per heavy atom. The number of rotatable bonds is 1. The number of carbonyl (C=O) groups excluding carboxylic acids is 1. The summed E-state index contributed by atoms with van der Waals surface area (Å²) < 4.78 is 5.14. The van der Waals surface area contributed by atoms with Crippen LogP contribution in [-0.4, -0.2) is 21.8 Å². The van der Waals surface area contributed by atoms with Crippen molar-refractivity contribution in [2.45, 2.75) is 26.4 Å². The van der Waals surface area contributed by atoms with Crippen LogP contribution in [0.3, 0.4) is 0 Å². The lowest BCUT2D eigenvalue weighted by molar-refractivity contribution is 0.0261. The Morgan fingerprint density at radius 3 is 2.82 bits per heavy atom. The van der Waals surface area contributed by atoms with Gasteiger partial charge in [-0.05, 0) is 32.9 Å². The van der Waals surface area contributed by atoms with Crippen LogP contribution >= 0.6 is 0 Å². The summed E-state index contributed by atoms with van der Waals surface area (Å²) in [5.41, 5.74) is 5.92. The highest BCUT2D eigenvalue weighted by Gasteiger charge is 2.22. The van der Waals surface area contributed by atoms with Gasteiger partial charge in [0.05, 0.1) is 11.9 Å². The lowest BCUT2D eigenvalue weighted by Gasteiger charge is -2.24. The number of ether oxygens (including phenoxy) is 1. The van der Waals surface area contributed by atoms with E-state index in [1.54, 1.807) is 11.2 Å². The van der Waals surface area contributed by atoms with Crippen molar-refractivity contribution in [2.24, 2.45) is 0 Å². The van der Waals surface area contributed by atoms with Gasteiger partial charge in [-0.3, -0.25) is 5.01 Å². The summed E-state index contributed by atoms with van der Waals surface area (Å²) >= 11 is 0. The predicted octanol–water partition coefficient (Wildman–Crippen LogP) is 1.39. The second-order valence-corrected chi connectivity index (χ2v) is 4.71. The van der Waals surface area contributed by atoms with Gasteiger partial charge in [0.25, 0.3) is 0 Å². The number of hydrogen-bond acceptors (Lipinski definition) is 5. The summed E-state index contributed by atoms with van der Waals surface area (Å²) in [6, 6.07) is 0. The molecule has 92 valence electrons. The third kappa shape index (κ3) is 3.01. The summed E-state index contributed by atoms with van der Waals surface area (Å²) in [5, 5.41) is 3.22. The first-order valence-electron chi connectivity index (χ1n) is 5.35. The maximum absolute atomic E-state index is 11.5. The second kappa shape index (κ2) is 4.14. The Labute approximate surface area is 100 Å². The first kappa shape index (κ1) is 11.5. The molecule has 0 spiro atoms. The number of nitrogens with zero attached hydrogens (tertiary/aromatic N) is 2. The Hall–Kier alpha value is -1.95. The molecule has 2 aliphatic heterocycles. The van der Waals surface area contributed by atoms with Crippen LogP contribution in [0.5, 0.6) is 0 Å². The predicted molar refractivity (Wildman–Crippen MR) is 62.5 cm³/mol. The first-order chi connectivity index (χ1) is 7.94. The molecule has 2 N–H and O–H groups in total. The lowest BCUT2D eigenvalue weighted by atomic mass is 10.2. The van der Waals surface area contributed by atoms with Crippen LogP contribution in [0, 0.1) is 0 Å². The average molecular weight is 236 g/mol. The maximum atomic E-state index is 11.5. The van der Waals surface area contributed by atoms with Gasteiger partial charge in [0.2, 0.25) is 0 Å². The van der Waals surface area contributed by atoms with Crippen LogP contribution in [0.25, 0.3) is 0 Å². The normalized spacial score (nSPS) is 17.9. The van der Waals surface area contributed by atoms with Gasteiger partial charge >= 0.3 is 6.09 Å². The molecule has 0 unspecified atom stereocenters. The van der Waals surface area contributed by atoms with Gasteiger partial charge in [-0.2, -0.15) is 0 Å². The summed E-state index contributed by atoms with van der Waals surface area (Å²) in [6.45, 7) is 5.45. The third-order valence-corrected chi connectivity index (χ3v) is 1.98. The van der Waals surface area contributed by atoms with Gasteiger partial charge in [0.1, 0.15) is 5.60 Å². The largest absolute Gasteiger partial charge is 0.443 e. The number of hydrazine groups is 3. The molecule has 0 aliphatic carbocycles. The Morgan fingerprint density at radius 2 is 2.18 bits per heavy atom. The molecule has 2 rings (SSSR count). The van der Waals surface area contributed by atoms with Crippen molar-refractivity contribution in [3.05, 3.63) is 36.3 Å². The highest BCUT2D eigenvalue weighted by atomic mass is 16.6. The number of carbonyl (C=O) groups is 1. The molecule has 0 radical (unpaired) electrons. The summed E-state index contributed by atoms with van der Waals surface area (Å²) in [6.07, 6.45) is 8.83. The molecule has 0 bridgehead atoms. The molecule has 0 fully saturated rings. The zero-order valence-corrected chi connectivity index (χ0v) is 10.1. The zero-order valence-electron chi connectivity index (χ0n) is 10.1. The van der Waals surface area contributed by atoms with Crippen LogP contribution in [0.15, 0.2) is 36.3 Å². The summed E-state index contributed by atoms with van der Waals surface area (Å²) in [4.78, 5) is 11.5. The van der Waals surface area contributed by atoms with Gasteiger partial charge in [0, 0.05) is 6.20 Å². The molecule has 6 heteroatoms. The van der Waals surface area contributed by atoms with Crippen molar-refractivity contribution in [1.29, 1.82) is 0 Å². The van der Waals surface area contributed by atoms with Crippen LogP contribution in [0.1, 0.15) is 20.8 Å². The standard InChI is InChI=1S/C11H16N4O2/c1-11(2,3)17-10(16)12-15-8-9-6-4-5-7-14(9)13-15/h4-8,13H,1-3H3,(H,12,16). The van der Waals surface area contributed by atoms with E-state index in [4.69, 9.17) is 4.74 Å². The van der Waals surface area contributed by atoms with Gasteiger partial charge in [-0.15, -0.1) is 5.53 Å². The monoisotopic (exact) mass is 236 g/mol. The molecule has 0 saturated heterocycles. The van der Waals surface area contributed by atoms with E-state index in [1.807, 2.05) is 45.2 Å². The number of allylic oxidation sites excluding steroid dienone is 3. The van der Waals surface area contributed by atoms with Crippen LogP contribution in [-0.2, 0) is 4.74 Å². The van der Waals surface area contributed by atoms with Crippen molar-refractivity contribution in [1.82, 2.24) is 21.1 Å². The van der Waals surface area contributed by atoms with Gasteiger partial charge in [-0.1, -0.05) is 6.08 Å². The van der Waals surface area contributed by atoms with E-state index < -0.39 is 11.7 Å². The lowest BCUT2D eigenvalue weighted by Crippen LogP contribution is -2.49. The van der Waals surface area contributed by atoms with E-state index in [0.717, 1.165) is 5.70 Å². The average Bonchev–Trinajstić information content (AvgIpc) is 2.55. The number of fused-ring (bicyclic) bond motifs is 1. The molecule has 0 atom stereocenters. The molecule has 0 saturated carbocycles. The second-order valence-electron chi connectivity index (χ2n) is 4.71. The Kier molecular flexibility index (Phi) is 2.81. The minimum atomic E-state index is -0.510. The Balaban J connectivity index is 1.90. The molecule has 2 aliphatic rings. The minimum absolute atomic E-state index is 0.505. The topological polar surface area (TPSA) is 56.8 Å². The smallest absolute Gasteiger partial charge is 0.427 e. The minimum Gasteiger partial charge on any atom is -0.443 e. The molecule has 1 amide bonds. The van der Waals surface area contributed by atoms with E-state index >= 15 is 0 Å². The molecular weight excluding hydrogens is 220 g/mol. The van der Waals surface area contributed by atoms with Crippen LogP contribution in [0.2, 0.25) is 0 Å². The SMILES string of the molecule is CC(C)(C)OC(=O)NN1C=C2C=CC=CN2N1. The number of hydrogen-bond donors (Lipinski definition) is 2. The summed E-state index contributed by atoms with van der Waals surface area (Å²) in [7, 11) is 0. The molecular formula is C11H16N4O2. The fourth-order valence-corrected chi connectivity index (χ4v) is 1.39. The molecule has 2 heterocycles. The van der Waals surface area contributed by atoms with Gasteiger partial charge in [-0.25, -0.2) is 15.3 Å². The van der Waals surface area contributed by atoms with Crippen molar-refractivity contribution in [2.75, 3.05) is 0 Å². The van der Waals surface area contributed by atoms with Gasteiger partial charge in [0.15, 0.2) is 0 Å². The highest BCUT2D eigenvalue weighted by molar-refractivity contribution is 5.67. The third-order valence-electron chi connectivity index (χ3n) is 1.98. The zero-order chi connectivity index (χ0) is 12.5. The van der Waals surface area contributed by atoms with E-state index in [0.29, 0.717) is 0 Å². The summed E-state index contributed by atoms with van der Waals surface area (Å²) in [5.74, 6) is 0. The number of nitrogens with one attached hydrogen (secondary N) is 2. The molecule has 17 heavy (non-hydrogen) atoms. The molecule has 0 aromatic rings. The maximum Gasteiger partial charge on any atom is 0.427 e. The van der Waals surface area contributed by atoms with E-state index in [2.05, 4.69) is 11.0 Å². The molecule has 6 nitrogen and oxygen atoms in total. The van der Waals surface area contributed by atoms with Crippen molar-refractivity contribution >= 4 is 6.09 Å². The van der Waals surface area contributed by atoms with Crippen LogP contribution < -0.4 is 11.0 Å².